The van der Waals surface area contributed by atoms with Gasteiger partial charge in [-0.15, -0.1) is 0 Å². The van der Waals surface area contributed by atoms with Gasteiger partial charge in [0.05, 0.1) is 17.3 Å². The first kappa shape index (κ1) is 16.4. The van der Waals surface area contributed by atoms with E-state index >= 15 is 0 Å². The molecule has 1 aromatic heterocycles. The molecule has 4 nitrogen and oxygen atoms in total. The summed E-state index contributed by atoms with van der Waals surface area (Å²) >= 11 is 0. The van der Waals surface area contributed by atoms with E-state index in [0.29, 0.717) is 6.54 Å². The van der Waals surface area contributed by atoms with Gasteiger partial charge in [0.15, 0.2) is 0 Å². The largest absolute Gasteiger partial charge is 0.379 e. The number of pyridine rings is 1. The van der Waals surface area contributed by atoms with Gasteiger partial charge in [-0.3, -0.25) is 9.88 Å². The van der Waals surface area contributed by atoms with E-state index in [-0.39, 0.29) is 11.6 Å². The summed E-state index contributed by atoms with van der Waals surface area (Å²) in [6.45, 7) is 6.69. The monoisotopic (exact) mass is 291 g/mol. The number of aryl methyl sites for hydroxylation is 1. The van der Waals surface area contributed by atoms with Crippen LogP contribution >= 0.6 is 0 Å². The number of aromatic nitrogens is 1. The number of nitrogens with two attached hydrogens (primary N) is 1. The highest BCUT2D eigenvalue weighted by Gasteiger charge is 2.44. The maximum Gasteiger partial charge on any atom is 0.0767 e. The lowest BCUT2D eigenvalue weighted by molar-refractivity contribution is -0.0777. The van der Waals surface area contributed by atoms with Crippen LogP contribution in [-0.2, 0) is 11.3 Å². The fourth-order valence-corrected chi connectivity index (χ4v) is 3.72. The van der Waals surface area contributed by atoms with Crippen molar-refractivity contribution in [3.05, 3.63) is 29.6 Å². The predicted octanol–water partition coefficient (Wildman–Crippen LogP) is 2.50. The highest BCUT2D eigenvalue weighted by molar-refractivity contribution is 5.11. The molecular weight excluding hydrogens is 262 g/mol. The van der Waals surface area contributed by atoms with Gasteiger partial charge < -0.3 is 10.5 Å². The second-order valence-corrected chi connectivity index (χ2v) is 6.06. The highest BCUT2D eigenvalue weighted by atomic mass is 16.5. The predicted molar refractivity (Wildman–Crippen MR) is 86.1 cm³/mol. The Kier molecular flexibility index (Phi) is 5.73. The molecule has 0 aliphatic heterocycles. The maximum atomic E-state index is 6.22. The molecule has 1 aliphatic carbocycles. The van der Waals surface area contributed by atoms with Crippen molar-refractivity contribution >= 4 is 0 Å². The minimum Gasteiger partial charge on any atom is -0.379 e. The van der Waals surface area contributed by atoms with Gasteiger partial charge in [0.2, 0.25) is 0 Å². The van der Waals surface area contributed by atoms with Gasteiger partial charge in [-0.05, 0) is 38.4 Å². The molecule has 0 radical (unpaired) electrons. The second kappa shape index (κ2) is 7.34. The molecular formula is C17H29N3O. The summed E-state index contributed by atoms with van der Waals surface area (Å²) in [4.78, 5) is 7.12. The molecule has 2 unspecified atom stereocenters. The number of methoxy groups -OCH3 is 1. The van der Waals surface area contributed by atoms with Gasteiger partial charge in [-0.2, -0.15) is 0 Å². The quantitative estimate of drug-likeness (QED) is 0.875. The SMILES string of the molecule is CCN(Cc1cccc(C)n1)C1(CN)CCCCC1OC. The molecule has 0 spiro atoms. The smallest absolute Gasteiger partial charge is 0.0767 e. The normalized spacial score (nSPS) is 26.2. The summed E-state index contributed by atoms with van der Waals surface area (Å²) in [5, 5.41) is 0. The lowest BCUT2D eigenvalue weighted by Crippen LogP contribution is -2.62. The van der Waals surface area contributed by atoms with Crippen LogP contribution < -0.4 is 5.73 Å². The van der Waals surface area contributed by atoms with Crippen molar-refractivity contribution in [3.63, 3.8) is 0 Å². The third kappa shape index (κ3) is 3.44. The Labute approximate surface area is 128 Å². The molecule has 1 heterocycles. The van der Waals surface area contributed by atoms with Gasteiger partial charge in [0.1, 0.15) is 0 Å². The van der Waals surface area contributed by atoms with Gasteiger partial charge in [0.25, 0.3) is 0 Å². The second-order valence-electron chi connectivity index (χ2n) is 6.06. The van der Waals surface area contributed by atoms with Crippen LogP contribution in [0.1, 0.15) is 44.0 Å². The fourth-order valence-electron chi connectivity index (χ4n) is 3.72. The lowest BCUT2D eigenvalue weighted by atomic mass is 9.77. The fraction of sp³-hybridized carbons (Fsp3) is 0.706. The molecule has 21 heavy (non-hydrogen) atoms. The zero-order valence-electron chi connectivity index (χ0n) is 13.6. The van der Waals surface area contributed by atoms with Crippen molar-refractivity contribution in [1.29, 1.82) is 0 Å². The lowest BCUT2D eigenvalue weighted by Gasteiger charge is -2.50. The van der Waals surface area contributed by atoms with E-state index in [9.17, 15) is 0 Å². The van der Waals surface area contributed by atoms with Crippen LogP contribution in [0.25, 0.3) is 0 Å². The molecule has 1 fully saturated rings. The Morgan fingerprint density at radius 1 is 1.43 bits per heavy atom. The van der Waals surface area contributed by atoms with Crippen molar-refractivity contribution in [1.82, 2.24) is 9.88 Å². The number of nitrogens with zero attached hydrogens (tertiary/aromatic N) is 2. The van der Waals surface area contributed by atoms with Crippen molar-refractivity contribution in [2.75, 3.05) is 20.2 Å². The van der Waals surface area contributed by atoms with Crippen LogP contribution in [0.3, 0.4) is 0 Å². The summed E-state index contributed by atoms with van der Waals surface area (Å²) in [6.07, 6.45) is 4.91. The molecule has 1 aromatic rings. The zero-order chi connectivity index (χ0) is 15.3. The average molecular weight is 291 g/mol. The molecule has 1 saturated carbocycles. The van der Waals surface area contributed by atoms with Crippen LogP contribution in [0.15, 0.2) is 18.2 Å². The van der Waals surface area contributed by atoms with Crippen LogP contribution in [0.4, 0.5) is 0 Å². The maximum absolute atomic E-state index is 6.22. The average Bonchev–Trinajstić information content (AvgIpc) is 2.52. The van der Waals surface area contributed by atoms with Crippen LogP contribution in [-0.4, -0.2) is 41.7 Å². The first-order valence-electron chi connectivity index (χ1n) is 8.06. The third-order valence-corrected chi connectivity index (χ3v) is 4.87. The zero-order valence-corrected chi connectivity index (χ0v) is 13.6. The van der Waals surface area contributed by atoms with Crippen LogP contribution in [0.2, 0.25) is 0 Å². The van der Waals surface area contributed by atoms with Crippen molar-refractivity contribution in [2.45, 2.75) is 57.7 Å². The Hall–Kier alpha value is -0.970. The summed E-state index contributed by atoms with van der Waals surface area (Å²) in [6, 6.07) is 6.22. The first-order valence-corrected chi connectivity index (χ1v) is 8.06. The first-order chi connectivity index (χ1) is 10.2. The van der Waals surface area contributed by atoms with E-state index in [1.54, 1.807) is 0 Å². The number of likely N-dealkylation sites (N-methyl/N-ethyl adjacent to an activating group) is 1. The topological polar surface area (TPSA) is 51.4 Å². The van der Waals surface area contributed by atoms with Crippen molar-refractivity contribution < 1.29 is 4.74 Å². The Morgan fingerprint density at radius 2 is 2.24 bits per heavy atom. The van der Waals surface area contributed by atoms with E-state index in [1.807, 2.05) is 20.1 Å². The molecule has 0 amide bonds. The summed E-state index contributed by atoms with van der Waals surface area (Å²) in [5.41, 5.74) is 8.36. The number of ether oxygens (including phenoxy) is 1. The van der Waals surface area contributed by atoms with Crippen LogP contribution in [0.5, 0.6) is 0 Å². The number of hydrogen-bond donors (Lipinski definition) is 1. The Bertz CT molecular complexity index is 451. The van der Waals surface area contributed by atoms with E-state index in [0.717, 1.165) is 37.3 Å². The minimum atomic E-state index is -0.0484. The molecule has 118 valence electrons. The molecule has 4 heteroatoms. The summed E-state index contributed by atoms with van der Waals surface area (Å²) in [5.74, 6) is 0. The van der Waals surface area contributed by atoms with Crippen molar-refractivity contribution in [2.24, 2.45) is 5.73 Å². The van der Waals surface area contributed by atoms with Gasteiger partial charge in [-0.1, -0.05) is 25.8 Å². The van der Waals surface area contributed by atoms with E-state index in [4.69, 9.17) is 10.5 Å². The minimum absolute atomic E-state index is 0.0484. The number of hydrogen-bond acceptors (Lipinski definition) is 4. The molecule has 1 aliphatic rings. The molecule has 2 N–H and O–H groups in total. The molecule has 0 saturated heterocycles. The van der Waals surface area contributed by atoms with E-state index in [2.05, 4.69) is 28.9 Å². The third-order valence-electron chi connectivity index (χ3n) is 4.87. The highest BCUT2D eigenvalue weighted by Crippen LogP contribution is 2.35. The molecule has 0 bridgehead atoms. The van der Waals surface area contributed by atoms with Gasteiger partial charge >= 0.3 is 0 Å². The van der Waals surface area contributed by atoms with Crippen molar-refractivity contribution in [3.8, 4) is 0 Å². The summed E-state index contributed by atoms with van der Waals surface area (Å²) in [7, 11) is 1.82. The van der Waals surface area contributed by atoms with Gasteiger partial charge in [-0.25, -0.2) is 0 Å². The Balaban J connectivity index is 2.24. The number of rotatable bonds is 6. The summed E-state index contributed by atoms with van der Waals surface area (Å²) < 4.78 is 5.80. The Morgan fingerprint density at radius 3 is 2.86 bits per heavy atom. The molecule has 2 atom stereocenters. The standard InChI is InChI=1S/C17H29N3O/c1-4-20(12-15-9-7-8-14(2)19-15)17(13-18)11-6-5-10-16(17)21-3/h7-9,16H,4-6,10-13,18H2,1-3H3. The van der Waals surface area contributed by atoms with Crippen LogP contribution in [0, 0.1) is 6.92 Å². The molecule has 2 rings (SSSR count). The molecule has 0 aromatic carbocycles. The van der Waals surface area contributed by atoms with E-state index < -0.39 is 0 Å². The van der Waals surface area contributed by atoms with E-state index in [1.165, 1.54) is 12.8 Å². The van der Waals surface area contributed by atoms with Gasteiger partial charge in [0, 0.05) is 25.9 Å².